The predicted molar refractivity (Wildman–Crippen MR) is 291 cm³/mol. The number of esters is 1. The monoisotopic (exact) mass is 994 g/mol. The molecule has 404 valence electrons. The first kappa shape index (κ1) is 65.3. The second-order valence-electron chi connectivity index (χ2n) is 18.7. The van der Waals surface area contributed by atoms with Gasteiger partial charge in [0, 0.05) is 6.42 Å². The number of amides is 1. The van der Waals surface area contributed by atoms with Crippen molar-refractivity contribution < 1.29 is 49.3 Å². The van der Waals surface area contributed by atoms with Crippen molar-refractivity contribution in [3.8, 4) is 0 Å². The SMILES string of the molecule is CC/C=C/C=C/C=C\C=C/C=C/CCCC(=O)OC1C(OCC(NC(=O)C(O)CCCCCCC/C=C\C/C=C\C/C=C\CCCCC)C(O)/C=C/CCCCCCCCCCC)OC(CO)C(O)C1O. The molecular weight excluding hydrogens is 895 g/mol. The highest BCUT2D eigenvalue weighted by molar-refractivity contribution is 5.80. The third kappa shape index (κ3) is 36.0. The molecule has 1 amide bonds. The minimum absolute atomic E-state index is 0.0196. The number of carbonyl (C=O) groups is 2. The van der Waals surface area contributed by atoms with Gasteiger partial charge in [-0.05, 0) is 77.0 Å². The van der Waals surface area contributed by atoms with E-state index in [4.69, 9.17) is 14.2 Å². The van der Waals surface area contributed by atoms with Gasteiger partial charge >= 0.3 is 5.97 Å². The zero-order valence-corrected chi connectivity index (χ0v) is 44.3. The van der Waals surface area contributed by atoms with Crippen molar-refractivity contribution in [2.24, 2.45) is 0 Å². The van der Waals surface area contributed by atoms with Crippen LogP contribution in [0.15, 0.2) is 109 Å². The Hall–Kier alpha value is -3.68. The van der Waals surface area contributed by atoms with E-state index < -0.39 is 67.4 Å². The number of hydrogen-bond donors (Lipinski definition) is 6. The number of ether oxygens (including phenoxy) is 3. The molecule has 11 heteroatoms. The standard InChI is InChI=1S/C60H99NO10/c1-4-7-10-13-16-19-22-24-25-26-27-28-30-32-35-38-41-44-47-53(64)59(68)61-51(52(63)46-43-40-37-34-31-21-18-15-12-9-6-3)50-69-60-58(57(67)56(66)54(49-62)70-60)71-55(65)48-45-42-39-36-33-29-23-20-17-14-11-8-5-2/h8,11,14,16-17,19-20,23-25,27-29,33,36,39,43,46,51-54,56-58,60,62-64,66-67H,4-7,9-10,12-13,15,18,21-22,26,30-32,34-35,37-38,40-42,44-45,47-50H2,1-3H3,(H,61,68)/b11-8+,17-14+,19-16-,23-20-,25-24-,28-27-,33-29-,39-36+,46-43+. The highest BCUT2D eigenvalue weighted by Crippen LogP contribution is 2.26. The van der Waals surface area contributed by atoms with E-state index in [9.17, 15) is 35.1 Å². The van der Waals surface area contributed by atoms with Crippen LogP contribution in [0.4, 0.5) is 0 Å². The van der Waals surface area contributed by atoms with Crippen LogP contribution in [-0.2, 0) is 23.8 Å². The van der Waals surface area contributed by atoms with E-state index in [1.807, 2.05) is 60.8 Å². The highest BCUT2D eigenvalue weighted by atomic mass is 16.7. The molecule has 1 aliphatic rings. The normalized spacial score (nSPS) is 20.5. The largest absolute Gasteiger partial charge is 0.454 e. The van der Waals surface area contributed by atoms with Gasteiger partial charge in [-0.3, -0.25) is 9.59 Å². The summed E-state index contributed by atoms with van der Waals surface area (Å²) in [5.74, 6) is -1.30. The fraction of sp³-hybridized carbons (Fsp3) is 0.667. The Labute approximate surface area is 430 Å². The van der Waals surface area contributed by atoms with Crippen LogP contribution in [0.2, 0.25) is 0 Å². The van der Waals surface area contributed by atoms with Gasteiger partial charge in [0.2, 0.25) is 5.91 Å². The molecule has 0 bridgehead atoms. The Morgan fingerprint density at radius 2 is 1.07 bits per heavy atom. The third-order valence-electron chi connectivity index (χ3n) is 12.3. The summed E-state index contributed by atoms with van der Waals surface area (Å²) in [7, 11) is 0. The molecule has 0 aromatic heterocycles. The minimum atomic E-state index is -1.65. The van der Waals surface area contributed by atoms with Crippen LogP contribution in [0.25, 0.3) is 0 Å². The lowest BCUT2D eigenvalue weighted by molar-refractivity contribution is -0.305. The van der Waals surface area contributed by atoms with Crippen LogP contribution in [-0.4, -0.2) is 99.6 Å². The molecule has 8 unspecified atom stereocenters. The zero-order valence-electron chi connectivity index (χ0n) is 44.3. The molecule has 0 aromatic carbocycles. The minimum Gasteiger partial charge on any atom is -0.454 e. The first-order valence-electron chi connectivity index (χ1n) is 27.7. The molecule has 71 heavy (non-hydrogen) atoms. The van der Waals surface area contributed by atoms with Crippen LogP contribution >= 0.6 is 0 Å². The summed E-state index contributed by atoms with van der Waals surface area (Å²) < 4.78 is 17.4. The van der Waals surface area contributed by atoms with E-state index in [1.165, 1.54) is 64.2 Å². The number of nitrogens with one attached hydrogen (secondary N) is 1. The Morgan fingerprint density at radius 1 is 0.577 bits per heavy atom. The highest BCUT2D eigenvalue weighted by Gasteiger charge is 2.47. The molecule has 1 saturated heterocycles. The smallest absolute Gasteiger partial charge is 0.306 e. The first-order chi connectivity index (χ1) is 34.7. The van der Waals surface area contributed by atoms with E-state index in [0.717, 1.165) is 77.0 Å². The van der Waals surface area contributed by atoms with Gasteiger partial charge in [-0.15, -0.1) is 0 Å². The van der Waals surface area contributed by atoms with Crippen LogP contribution in [0.1, 0.15) is 194 Å². The van der Waals surface area contributed by atoms with E-state index >= 15 is 0 Å². The third-order valence-corrected chi connectivity index (χ3v) is 12.3. The summed E-state index contributed by atoms with van der Waals surface area (Å²) in [6, 6.07) is -1.05. The Balaban J connectivity index is 2.79. The number of carbonyl (C=O) groups excluding carboxylic acids is 2. The fourth-order valence-electron chi connectivity index (χ4n) is 7.86. The zero-order chi connectivity index (χ0) is 51.8. The van der Waals surface area contributed by atoms with Gasteiger partial charge in [0.25, 0.3) is 0 Å². The molecule has 8 atom stereocenters. The molecule has 0 saturated carbocycles. The van der Waals surface area contributed by atoms with E-state index in [-0.39, 0.29) is 19.4 Å². The van der Waals surface area contributed by atoms with Gasteiger partial charge in [-0.2, -0.15) is 0 Å². The van der Waals surface area contributed by atoms with Crippen molar-refractivity contribution in [1.29, 1.82) is 0 Å². The molecule has 0 aliphatic carbocycles. The lowest BCUT2D eigenvalue weighted by Crippen LogP contribution is -2.61. The molecule has 1 rings (SSSR count). The van der Waals surface area contributed by atoms with E-state index in [2.05, 4.69) is 68.6 Å². The van der Waals surface area contributed by atoms with Gasteiger partial charge in [-0.1, -0.05) is 220 Å². The maximum Gasteiger partial charge on any atom is 0.306 e. The van der Waals surface area contributed by atoms with Crippen LogP contribution in [0, 0.1) is 0 Å². The number of aliphatic hydroxyl groups is 5. The average Bonchev–Trinajstić information content (AvgIpc) is 3.37. The van der Waals surface area contributed by atoms with Gasteiger partial charge in [-0.25, -0.2) is 0 Å². The average molecular weight is 994 g/mol. The lowest BCUT2D eigenvalue weighted by atomic mass is 9.99. The summed E-state index contributed by atoms with van der Waals surface area (Å²) in [6.07, 6.45) is 52.9. The summed E-state index contributed by atoms with van der Waals surface area (Å²) in [5.41, 5.74) is 0. The number of allylic oxidation sites excluding steroid dienone is 17. The fourth-order valence-corrected chi connectivity index (χ4v) is 7.86. The molecule has 0 radical (unpaired) electrons. The van der Waals surface area contributed by atoms with Gasteiger partial charge in [0.1, 0.15) is 24.4 Å². The van der Waals surface area contributed by atoms with Gasteiger partial charge in [0.15, 0.2) is 12.4 Å². The Kier molecular flexibility index (Phi) is 43.6. The quantitative estimate of drug-likeness (QED) is 0.0149. The number of hydrogen-bond acceptors (Lipinski definition) is 10. The summed E-state index contributed by atoms with van der Waals surface area (Å²) >= 11 is 0. The lowest BCUT2D eigenvalue weighted by Gasteiger charge is -2.41. The summed E-state index contributed by atoms with van der Waals surface area (Å²) in [5, 5.41) is 56.7. The molecular formula is C60H99NO10. The van der Waals surface area contributed by atoms with Crippen molar-refractivity contribution in [2.75, 3.05) is 13.2 Å². The van der Waals surface area contributed by atoms with Gasteiger partial charge < -0.3 is 45.1 Å². The topological polar surface area (TPSA) is 175 Å². The molecule has 0 spiro atoms. The van der Waals surface area contributed by atoms with E-state index in [0.29, 0.717) is 19.3 Å². The molecule has 1 heterocycles. The first-order valence-corrected chi connectivity index (χ1v) is 27.7. The number of rotatable bonds is 44. The second kappa shape index (κ2) is 47.3. The van der Waals surface area contributed by atoms with Crippen molar-refractivity contribution in [1.82, 2.24) is 5.32 Å². The number of aliphatic hydroxyl groups excluding tert-OH is 5. The maximum absolute atomic E-state index is 13.4. The Bertz CT molecular complexity index is 1560. The van der Waals surface area contributed by atoms with Crippen LogP contribution in [0.5, 0.6) is 0 Å². The van der Waals surface area contributed by atoms with Crippen molar-refractivity contribution >= 4 is 11.9 Å². The molecule has 1 fully saturated rings. The predicted octanol–water partition coefficient (Wildman–Crippen LogP) is 12.2. The van der Waals surface area contributed by atoms with Gasteiger partial charge in [0.05, 0.1) is 25.4 Å². The van der Waals surface area contributed by atoms with Crippen molar-refractivity contribution in [2.45, 2.75) is 243 Å². The summed E-state index contributed by atoms with van der Waals surface area (Å²) in [6.45, 7) is 5.52. The molecule has 0 aromatic rings. The van der Waals surface area contributed by atoms with Crippen molar-refractivity contribution in [3.63, 3.8) is 0 Å². The van der Waals surface area contributed by atoms with E-state index in [1.54, 1.807) is 6.08 Å². The van der Waals surface area contributed by atoms with Crippen LogP contribution in [0.3, 0.4) is 0 Å². The van der Waals surface area contributed by atoms with Crippen LogP contribution < -0.4 is 5.32 Å². The molecule has 11 nitrogen and oxygen atoms in total. The Morgan fingerprint density at radius 3 is 1.66 bits per heavy atom. The summed E-state index contributed by atoms with van der Waals surface area (Å²) in [4.78, 5) is 26.4. The maximum atomic E-state index is 13.4. The molecule has 6 N–H and O–H groups in total. The number of unbranched alkanes of at least 4 members (excludes halogenated alkanes) is 18. The van der Waals surface area contributed by atoms with Crippen molar-refractivity contribution in [3.05, 3.63) is 109 Å². The molecule has 1 aliphatic heterocycles. The second-order valence-corrected chi connectivity index (χ2v) is 18.7.